The summed E-state index contributed by atoms with van der Waals surface area (Å²) in [5.74, 6) is 0. The lowest BCUT2D eigenvalue weighted by molar-refractivity contribution is 0.219. The van der Waals surface area contributed by atoms with Gasteiger partial charge >= 0.3 is 6.01 Å². The van der Waals surface area contributed by atoms with Gasteiger partial charge in [0.25, 0.3) is 0 Å². The molecule has 0 spiro atoms. The summed E-state index contributed by atoms with van der Waals surface area (Å²) in [5.41, 5.74) is 0. The first-order valence-electron chi connectivity index (χ1n) is 5.14. The third kappa shape index (κ3) is 3.30. The number of rotatable bonds is 4. The quantitative estimate of drug-likeness (QED) is 0.844. The summed E-state index contributed by atoms with van der Waals surface area (Å²) in [6.45, 7) is 3.76. The molecule has 0 aliphatic heterocycles. The van der Waals surface area contributed by atoms with Crippen molar-refractivity contribution < 1.29 is 4.74 Å². The molecular weight excluding hydrogens is 276 g/mol. The average Bonchev–Trinajstić information content (AvgIpc) is 2.62. The van der Waals surface area contributed by atoms with E-state index in [9.17, 15) is 0 Å². The summed E-state index contributed by atoms with van der Waals surface area (Å²) in [7, 11) is 1.78. The Labute approximate surface area is 113 Å². The molecule has 0 atom stereocenters. The van der Waals surface area contributed by atoms with Crippen molar-refractivity contribution in [1.82, 2.24) is 29.7 Å². The van der Waals surface area contributed by atoms with Crippen LogP contribution in [0.1, 0.15) is 13.8 Å². The lowest BCUT2D eigenvalue weighted by atomic mass is 10.5. The highest BCUT2D eigenvalue weighted by molar-refractivity contribution is 7.99. The molecule has 0 bridgehead atoms. The Bertz CT molecular complexity index is 546. The molecule has 2 aromatic heterocycles. The van der Waals surface area contributed by atoms with E-state index in [1.165, 1.54) is 18.1 Å². The van der Waals surface area contributed by atoms with Gasteiger partial charge < -0.3 is 4.74 Å². The van der Waals surface area contributed by atoms with E-state index in [1.54, 1.807) is 11.7 Å². The van der Waals surface area contributed by atoms with Gasteiger partial charge in [-0.1, -0.05) is 0 Å². The Morgan fingerprint density at radius 2 is 2.11 bits per heavy atom. The van der Waals surface area contributed by atoms with Gasteiger partial charge in [0.15, 0.2) is 5.16 Å². The van der Waals surface area contributed by atoms with E-state index < -0.39 is 0 Å². The molecule has 0 aromatic carbocycles. The number of hydrogen-bond donors (Lipinski definition) is 0. The number of halogens is 1. The van der Waals surface area contributed by atoms with Gasteiger partial charge in [0, 0.05) is 7.05 Å². The van der Waals surface area contributed by atoms with E-state index in [2.05, 4.69) is 25.0 Å². The minimum atomic E-state index is -0.0313. The van der Waals surface area contributed by atoms with E-state index in [4.69, 9.17) is 16.3 Å². The SMILES string of the molecule is CC(C)Oc1nc(Cl)nc(Sc2ncnn2C)n1. The largest absolute Gasteiger partial charge is 0.461 e. The van der Waals surface area contributed by atoms with Crippen LogP contribution in [-0.2, 0) is 7.05 Å². The second-order valence-electron chi connectivity index (χ2n) is 3.60. The molecule has 9 heteroatoms. The van der Waals surface area contributed by atoms with Crippen molar-refractivity contribution >= 4 is 23.4 Å². The number of hydrogen-bond acceptors (Lipinski definition) is 7. The highest BCUT2D eigenvalue weighted by Gasteiger charge is 2.11. The van der Waals surface area contributed by atoms with E-state index in [0.29, 0.717) is 10.3 Å². The molecule has 0 radical (unpaired) electrons. The zero-order chi connectivity index (χ0) is 13.1. The number of nitrogens with zero attached hydrogens (tertiary/aromatic N) is 6. The van der Waals surface area contributed by atoms with Crippen molar-refractivity contribution in [3.63, 3.8) is 0 Å². The van der Waals surface area contributed by atoms with Crippen LogP contribution in [0.5, 0.6) is 6.01 Å². The van der Waals surface area contributed by atoms with Crippen molar-refractivity contribution in [2.24, 2.45) is 7.05 Å². The Morgan fingerprint density at radius 3 is 2.72 bits per heavy atom. The zero-order valence-electron chi connectivity index (χ0n) is 10.0. The summed E-state index contributed by atoms with van der Waals surface area (Å²) >= 11 is 7.05. The fourth-order valence-electron chi connectivity index (χ4n) is 1.08. The maximum absolute atomic E-state index is 5.82. The molecule has 0 N–H and O–H groups in total. The number of ether oxygens (including phenoxy) is 1. The Hall–Kier alpha value is -1.41. The summed E-state index contributed by atoms with van der Waals surface area (Å²) < 4.78 is 7.00. The smallest absolute Gasteiger partial charge is 0.322 e. The Morgan fingerprint density at radius 1 is 1.33 bits per heavy atom. The van der Waals surface area contributed by atoms with Crippen molar-refractivity contribution in [3.8, 4) is 6.01 Å². The first kappa shape index (κ1) is 13.0. The second-order valence-corrected chi connectivity index (χ2v) is 4.88. The van der Waals surface area contributed by atoms with E-state index in [1.807, 2.05) is 13.8 Å². The maximum atomic E-state index is 5.82. The highest BCUT2D eigenvalue weighted by atomic mass is 35.5. The third-order valence-electron chi connectivity index (χ3n) is 1.76. The molecule has 7 nitrogen and oxygen atoms in total. The normalized spacial score (nSPS) is 10.9. The highest BCUT2D eigenvalue weighted by Crippen LogP contribution is 2.23. The Balaban J connectivity index is 2.23. The van der Waals surface area contributed by atoms with Crippen LogP contribution < -0.4 is 4.74 Å². The zero-order valence-corrected chi connectivity index (χ0v) is 11.6. The fraction of sp³-hybridized carbons (Fsp3) is 0.444. The van der Waals surface area contributed by atoms with Crippen LogP contribution in [0.4, 0.5) is 0 Å². The lowest BCUT2D eigenvalue weighted by Crippen LogP contribution is -2.09. The molecule has 0 amide bonds. The molecule has 0 aliphatic rings. The summed E-state index contributed by atoms with van der Waals surface area (Å²) in [6.07, 6.45) is 1.42. The van der Waals surface area contributed by atoms with Crippen LogP contribution in [0.25, 0.3) is 0 Å². The van der Waals surface area contributed by atoms with Gasteiger partial charge in [-0.15, -0.1) is 0 Å². The van der Waals surface area contributed by atoms with Crippen LogP contribution in [-0.4, -0.2) is 35.8 Å². The standard InChI is InChI=1S/C9H11ClN6OS/c1-5(2)17-7-13-6(10)14-8(15-7)18-9-11-4-12-16(9)3/h4-5H,1-3H3. The fourth-order valence-corrected chi connectivity index (χ4v) is 1.98. The molecule has 0 saturated carbocycles. The van der Waals surface area contributed by atoms with Gasteiger partial charge in [-0.05, 0) is 37.2 Å². The van der Waals surface area contributed by atoms with Crippen LogP contribution >= 0.6 is 23.4 Å². The molecular formula is C9H11ClN6OS. The second kappa shape index (κ2) is 5.49. The first-order valence-corrected chi connectivity index (χ1v) is 6.34. The average molecular weight is 287 g/mol. The topological polar surface area (TPSA) is 78.6 Å². The molecule has 0 unspecified atom stereocenters. The Kier molecular flexibility index (Phi) is 3.97. The van der Waals surface area contributed by atoms with Crippen molar-refractivity contribution in [3.05, 3.63) is 11.6 Å². The van der Waals surface area contributed by atoms with Crippen LogP contribution in [0.15, 0.2) is 16.6 Å². The monoisotopic (exact) mass is 286 g/mol. The van der Waals surface area contributed by atoms with E-state index >= 15 is 0 Å². The summed E-state index contributed by atoms with van der Waals surface area (Å²) in [6, 6.07) is 0.203. The van der Waals surface area contributed by atoms with Crippen molar-refractivity contribution in [2.45, 2.75) is 30.3 Å². The minimum Gasteiger partial charge on any atom is -0.461 e. The van der Waals surface area contributed by atoms with Crippen LogP contribution in [0.2, 0.25) is 5.28 Å². The van der Waals surface area contributed by atoms with Gasteiger partial charge in [0.2, 0.25) is 10.4 Å². The van der Waals surface area contributed by atoms with Gasteiger partial charge in [0.05, 0.1) is 6.10 Å². The van der Waals surface area contributed by atoms with Crippen molar-refractivity contribution in [2.75, 3.05) is 0 Å². The van der Waals surface area contributed by atoms with E-state index in [0.717, 1.165) is 0 Å². The van der Waals surface area contributed by atoms with Crippen LogP contribution in [0, 0.1) is 0 Å². The van der Waals surface area contributed by atoms with E-state index in [-0.39, 0.29) is 17.4 Å². The van der Waals surface area contributed by atoms with Crippen molar-refractivity contribution in [1.29, 1.82) is 0 Å². The molecule has 2 rings (SSSR count). The molecule has 0 aliphatic carbocycles. The first-order chi connectivity index (χ1) is 8.54. The van der Waals surface area contributed by atoms with Gasteiger partial charge in [0.1, 0.15) is 6.33 Å². The van der Waals surface area contributed by atoms with Gasteiger partial charge in [-0.25, -0.2) is 9.67 Å². The predicted molar refractivity (Wildman–Crippen MR) is 65.7 cm³/mol. The summed E-state index contributed by atoms with van der Waals surface area (Å²) in [4.78, 5) is 16.1. The molecule has 96 valence electrons. The minimum absolute atomic E-state index is 0.0313. The van der Waals surface area contributed by atoms with Gasteiger partial charge in [-0.3, -0.25) is 0 Å². The molecule has 2 heterocycles. The lowest BCUT2D eigenvalue weighted by Gasteiger charge is -2.08. The van der Waals surface area contributed by atoms with Gasteiger partial charge in [-0.2, -0.15) is 20.1 Å². The molecule has 0 fully saturated rings. The maximum Gasteiger partial charge on any atom is 0.322 e. The van der Waals surface area contributed by atoms with Crippen LogP contribution in [0.3, 0.4) is 0 Å². The number of aryl methyl sites for hydroxylation is 1. The predicted octanol–water partition coefficient (Wildman–Crippen LogP) is 1.59. The molecule has 0 saturated heterocycles. The summed E-state index contributed by atoms with van der Waals surface area (Å²) in [5, 5.41) is 5.12. The third-order valence-corrected chi connectivity index (χ3v) is 2.85. The number of aromatic nitrogens is 6. The molecule has 2 aromatic rings. The molecule has 18 heavy (non-hydrogen) atoms.